The Balaban J connectivity index is 1.52. The number of ketones is 2. The van der Waals surface area contributed by atoms with Crippen molar-refractivity contribution in [2.75, 3.05) is 32.7 Å². The van der Waals surface area contributed by atoms with Crippen LogP contribution in [0.3, 0.4) is 0 Å². The van der Waals surface area contributed by atoms with Crippen molar-refractivity contribution < 1.29 is 28.6 Å². The number of hydrogen-bond donors (Lipinski definition) is 1. The normalized spacial score (nSPS) is 19.4. The molecule has 2 aromatic carbocycles. The van der Waals surface area contributed by atoms with Crippen molar-refractivity contribution in [2.45, 2.75) is 66.2 Å². The highest BCUT2D eigenvalue weighted by Gasteiger charge is 2.48. The summed E-state index contributed by atoms with van der Waals surface area (Å²) in [7, 11) is 3.12. The van der Waals surface area contributed by atoms with Gasteiger partial charge in [0.1, 0.15) is 5.75 Å². The Hall–Kier alpha value is -3.59. The highest BCUT2D eigenvalue weighted by atomic mass is 79.9. The minimum absolute atomic E-state index is 0.0782. The lowest BCUT2D eigenvalue weighted by Gasteiger charge is -2.49. The van der Waals surface area contributed by atoms with E-state index in [0.717, 1.165) is 29.8 Å². The Labute approximate surface area is 267 Å². The second-order valence-electron chi connectivity index (χ2n) is 13.4. The lowest BCUT2D eigenvalue weighted by Crippen LogP contribution is -2.44. The largest absolute Gasteiger partial charge is 0.497 e. The van der Waals surface area contributed by atoms with Crippen LogP contribution in [0.4, 0.5) is 5.69 Å². The van der Waals surface area contributed by atoms with Crippen LogP contribution in [0.25, 0.3) is 0 Å². The average Bonchev–Trinajstić information content (AvgIpc) is 2.94. The summed E-state index contributed by atoms with van der Waals surface area (Å²) >= 11 is 3.64. The van der Waals surface area contributed by atoms with Crippen LogP contribution in [0.15, 0.2) is 63.4 Å². The maximum absolute atomic E-state index is 13.9. The van der Waals surface area contributed by atoms with Gasteiger partial charge in [-0.2, -0.15) is 0 Å². The molecule has 2 aliphatic carbocycles. The number of nitrogens with one attached hydrogen (secondary N) is 1. The van der Waals surface area contributed by atoms with Gasteiger partial charge in [-0.3, -0.25) is 14.4 Å². The first-order valence-corrected chi connectivity index (χ1v) is 15.8. The van der Waals surface area contributed by atoms with Crippen LogP contribution in [0.2, 0.25) is 0 Å². The Morgan fingerprint density at radius 2 is 1.48 bits per heavy atom. The molecule has 1 aliphatic heterocycles. The van der Waals surface area contributed by atoms with Crippen molar-refractivity contribution in [3.05, 3.63) is 69.0 Å². The van der Waals surface area contributed by atoms with Crippen LogP contribution < -0.4 is 19.5 Å². The van der Waals surface area contributed by atoms with Gasteiger partial charge < -0.3 is 24.4 Å². The summed E-state index contributed by atoms with van der Waals surface area (Å²) < 4.78 is 17.4. The summed E-state index contributed by atoms with van der Waals surface area (Å²) in [6.45, 7) is 11.1. The Morgan fingerprint density at radius 1 is 0.909 bits per heavy atom. The van der Waals surface area contributed by atoms with Crippen molar-refractivity contribution in [3.63, 3.8) is 0 Å². The fourth-order valence-corrected chi connectivity index (χ4v) is 7.39. The number of carbonyl (C=O) groups excluding carboxylic acids is 3. The van der Waals surface area contributed by atoms with E-state index < -0.39 is 5.92 Å². The molecular formula is C35H41BrN2O6. The molecule has 1 amide bonds. The second kappa shape index (κ2) is 12.1. The molecular weight excluding hydrogens is 624 g/mol. The van der Waals surface area contributed by atoms with E-state index in [1.807, 2.05) is 12.1 Å². The number of Topliss-reactive ketones (excluding diaryl/α,β-unsaturated/α-hetero) is 2. The molecule has 0 radical (unpaired) electrons. The van der Waals surface area contributed by atoms with Crippen molar-refractivity contribution in [2.24, 2.45) is 10.8 Å². The fourth-order valence-electron chi connectivity index (χ4n) is 6.82. The summed E-state index contributed by atoms with van der Waals surface area (Å²) in [4.78, 5) is 42.8. The molecule has 1 N–H and O–H groups in total. The highest BCUT2D eigenvalue weighted by molar-refractivity contribution is 9.10. The van der Waals surface area contributed by atoms with Gasteiger partial charge in [0.25, 0.3) is 5.91 Å². The summed E-state index contributed by atoms with van der Waals surface area (Å²) in [6.07, 6.45) is 2.36. The number of nitrogens with zero attached hydrogens (tertiary/aromatic N) is 1. The summed E-state index contributed by atoms with van der Waals surface area (Å²) in [5.74, 6) is 0.771. The monoisotopic (exact) mass is 664 g/mol. The molecule has 5 rings (SSSR count). The van der Waals surface area contributed by atoms with E-state index in [9.17, 15) is 14.4 Å². The highest BCUT2D eigenvalue weighted by Crippen LogP contribution is 2.55. The van der Waals surface area contributed by atoms with Gasteiger partial charge in [-0.1, -0.05) is 27.7 Å². The topological polar surface area (TPSA) is 94.2 Å². The number of amides is 1. The van der Waals surface area contributed by atoms with Gasteiger partial charge in [0, 0.05) is 53.5 Å². The standard InChI is InChI=1S/C35H41BrN2O6/c1-8-38-24-15-34(2,3)17-26(39)31(24)30(32-25(38)16-35(4,5)18-27(32)40)20-13-23(36)33(28(14-20)43-7)44-19-29(41)37-21-9-11-22(42-6)12-10-21/h9-14,30H,8,15-19H2,1-7H3,(H,37,41). The smallest absolute Gasteiger partial charge is 0.262 e. The number of anilines is 1. The molecule has 234 valence electrons. The number of carbonyl (C=O) groups is 3. The summed E-state index contributed by atoms with van der Waals surface area (Å²) in [6, 6.07) is 10.7. The van der Waals surface area contributed by atoms with Crippen LogP contribution in [0.1, 0.15) is 71.8 Å². The van der Waals surface area contributed by atoms with Crippen LogP contribution in [-0.4, -0.2) is 49.7 Å². The van der Waals surface area contributed by atoms with Crippen LogP contribution in [-0.2, 0) is 14.4 Å². The number of rotatable bonds is 8. The Morgan fingerprint density at radius 3 is 1.98 bits per heavy atom. The molecule has 0 saturated heterocycles. The number of halogens is 1. The van der Waals surface area contributed by atoms with Crippen molar-refractivity contribution in [3.8, 4) is 17.2 Å². The van der Waals surface area contributed by atoms with Crippen molar-refractivity contribution in [1.82, 2.24) is 4.90 Å². The van der Waals surface area contributed by atoms with E-state index in [2.05, 4.69) is 60.8 Å². The van der Waals surface area contributed by atoms with Gasteiger partial charge in [0.15, 0.2) is 29.7 Å². The van der Waals surface area contributed by atoms with Gasteiger partial charge in [-0.25, -0.2) is 0 Å². The maximum atomic E-state index is 13.9. The van der Waals surface area contributed by atoms with Gasteiger partial charge >= 0.3 is 0 Å². The zero-order valence-corrected chi connectivity index (χ0v) is 28.1. The minimum Gasteiger partial charge on any atom is -0.497 e. The van der Waals surface area contributed by atoms with E-state index >= 15 is 0 Å². The van der Waals surface area contributed by atoms with Gasteiger partial charge in [-0.05, 0) is 88.5 Å². The molecule has 0 atom stereocenters. The lowest BCUT2D eigenvalue weighted by atomic mass is 9.63. The molecule has 0 bridgehead atoms. The third-order valence-electron chi connectivity index (χ3n) is 8.64. The molecule has 0 saturated carbocycles. The lowest BCUT2D eigenvalue weighted by molar-refractivity contribution is -0.120. The van der Waals surface area contributed by atoms with Gasteiger partial charge in [0.05, 0.1) is 18.7 Å². The zero-order valence-electron chi connectivity index (χ0n) is 26.6. The number of allylic oxidation sites excluding steroid dienone is 4. The van der Waals surface area contributed by atoms with Crippen LogP contribution in [0, 0.1) is 10.8 Å². The first-order chi connectivity index (χ1) is 20.8. The molecule has 1 heterocycles. The SMILES string of the molecule is CCN1C2=C(C(=O)CC(C)(C)C2)C(c2cc(Br)c(OCC(=O)Nc3ccc(OC)cc3)c(OC)c2)C2=C1CC(C)(C)CC2=O. The number of methoxy groups -OCH3 is 2. The molecule has 9 heteroatoms. The quantitative estimate of drug-likeness (QED) is 0.319. The number of hydrogen-bond acceptors (Lipinski definition) is 7. The molecule has 0 spiro atoms. The van der Waals surface area contributed by atoms with E-state index in [4.69, 9.17) is 14.2 Å². The summed E-state index contributed by atoms with van der Waals surface area (Å²) in [5, 5.41) is 2.81. The number of ether oxygens (including phenoxy) is 3. The fraction of sp³-hybridized carbons (Fsp3) is 0.457. The van der Waals surface area contributed by atoms with E-state index in [-0.39, 0.29) is 34.9 Å². The van der Waals surface area contributed by atoms with E-state index in [1.165, 1.54) is 7.11 Å². The van der Waals surface area contributed by atoms with Gasteiger partial charge in [0.2, 0.25) is 0 Å². The third-order valence-corrected chi connectivity index (χ3v) is 9.23. The first kappa shape index (κ1) is 31.8. The molecule has 0 unspecified atom stereocenters. The van der Waals surface area contributed by atoms with Gasteiger partial charge in [-0.15, -0.1) is 0 Å². The Kier molecular flexibility index (Phi) is 8.73. The summed E-state index contributed by atoms with van der Waals surface area (Å²) in [5.41, 5.74) is 4.50. The first-order valence-electron chi connectivity index (χ1n) is 15.0. The molecule has 0 fully saturated rings. The predicted molar refractivity (Wildman–Crippen MR) is 173 cm³/mol. The molecule has 0 aromatic heterocycles. The molecule has 8 nitrogen and oxygen atoms in total. The van der Waals surface area contributed by atoms with Crippen molar-refractivity contribution in [1.29, 1.82) is 0 Å². The van der Waals surface area contributed by atoms with Crippen molar-refractivity contribution >= 4 is 39.1 Å². The van der Waals surface area contributed by atoms with Crippen LogP contribution in [0.5, 0.6) is 17.2 Å². The van der Waals surface area contributed by atoms with E-state index in [0.29, 0.717) is 57.9 Å². The van der Waals surface area contributed by atoms with E-state index in [1.54, 1.807) is 31.4 Å². The third kappa shape index (κ3) is 6.16. The second-order valence-corrected chi connectivity index (χ2v) is 14.2. The minimum atomic E-state index is -0.507. The number of benzene rings is 2. The molecule has 44 heavy (non-hydrogen) atoms. The maximum Gasteiger partial charge on any atom is 0.262 e. The Bertz CT molecular complexity index is 1520. The predicted octanol–water partition coefficient (Wildman–Crippen LogP) is 7.19. The van der Waals surface area contributed by atoms with Crippen LogP contribution >= 0.6 is 15.9 Å². The molecule has 2 aromatic rings. The average molecular weight is 666 g/mol. The zero-order chi connectivity index (χ0) is 32.0. The molecule has 3 aliphatic rings.